The number of nitrogens with zero attached hydrogens (tertiary/aromatic N) is 5. The van der Waals surface area contributed by atoms with E-state index in [4.69, 9.17) is 4.98 Å². The highest BCUT2D eigenvalue weighted by atomic mass is 16.1. The lowest BCUT2D eigenvalue weighted by molar-refractivity contribution is 0.345. The average Bonchev–Trinajstić information content (AvgIpc) is 2.76. The van der Waals surface area contributed by atoms with E-state index >= 15 is 0 Å². The number of rotatable bonds is 3. The number of aromatic nitrogens is 4. The molecular formula is C24H23N5O. The second-order valence-corrected chi connectivity index (χ2v) is 8.31. The minimum Gasteiger partial charge on any atom is -0.333 e. The summed E-state index contributed by atoms with van der Waals surface area (Å²) in [5.74, 6) is 0.695. The molecule has 1 aliphatic heterocycles. The third kappa shape index (κ3) is 3.14. The first kappa shape index (κ1) is 18.5. The molecule has 0 radical (unpaired) electrons. The van der Waals surface area contributed by atoms with E-state index in [1.54, 1.807) is 22.9 Å². The molecule has 0 saturated heterocycles. The smallest absolute Gasteiger partial charge is 0.255 e. The Morgan fingerprint density at radius 2 is 1.87 bits per heavy atom. The molecule has 0 spiro atoms. The lowest BCUT2D eigenvalue weighted by atomic mass is 9.94. The summed E-state index contributed by atoms with van der Waals surface area (Å²) < 4.78 is 1.78. The molecule has 2 aromatic heterocycles. The summed E-state index contributed by atoms with van der Waals surface area (Å²) >= 11 is 0. The molecule has 0 aliphatic carbocycles. The molecule has 0 amide bonds. The number of hydrogen-bond donors (Lipinski definition) is 0. The second-order valence-electron chi connectivity index (χ2n) is 8.31. The standard InChI is InChI=1S/C24H23N5O/c1-24(2)11-13-28-22(30)14-21(20-10-12-25-16-26-20)27-23(28)29(24)15-18-8-5-7-17-6-3-4-9-19(17)18/h3-10,12,14,16H,11,13,15H2,1-2H3. The third-order valence-corrected chi connectivity index (χ3v) is 5.96. The Hall–Kier alpha value is -3.54. The topological polar surface area (TPSA) is 63.9 Å². The Kier molecular flexibility index (Phi) is 4.35. The average molecular weight is 397 g/mol. The molecule has 3 heterocycles. The zero-order valence-corrected chi connectivity index (χ0v) is 17.1. The normalized spacial score (nSPS) is 15.2. The van der Waals surface area contributed by atoms with Gasteiger partial charge >= 0.3 is 0 Å². The van der Waals surface area contributed by atoms with Crippen LogP contribution in [0.25, 0.3) is 22.2 Å². The summed E-state index contributed by atoms with van der Waals surface area (Å²) in [6, 6.07) is 18.1. The fourth-order valence-electron chi connectivity index (χ4n) is 4.16. The van der Waals surface area contributed by atoms with Crippen LogP contribution < -0.4 is 10.5 Å². The van der Waals surface area contributed by atoms with Crippen molar-refractivity contribution in [1.29, 1.82) is 0 Å². The number of anilines is 1. The van der Waals surface area contributed by atoms with Crippen molar-refractivity contribution < 1.29 is 0 Å². The summed E-state index contributed by atoms with van der Waals surface area (Å²) in [5, 5.41) is 2.44. The summed E-state index contributed by atoms with van der Waals surface area (Å²) in [6.45, 7) is 5.76. The number of fused-ring (bicyclic) bond motifs is 2. The molecule has 0 bridgehead atoms. The van der Waals surface area contributed by atoms with E-state index in [9.17, 15) is 4.79 Å². The lowest BCUT2D eigenvalue weighted by Gasteiger charge is -2.44. The molecule has 6 nitrogen and oxygen atoms in total. The Bertz CT molecular complexity index is 1270. The summed E-state index contributed by atoms with van der Waals surface area (Å²) in [5.41, 5.74) is 2.26. The monoisotopic (exact) mass is 397 g/mol. The van der Waals surface area contributed by atoms with Crippen molar-refractivity contribution in [3.8, 4) is 11.4 Å². The van der Waals surface area contributed by atoms with Gasteiger partial charge in [0.1, 0.15) is 6.33 Å². The third-order valence-electron chi connectivity index (χ3n) is 5.96. The van der Waals surface area contributed by atoms with Crippen molar-refractivity contribution in [2.75, 3.05) is 4.90 Å². The molecule has 0 N–H and O–H groups in total. The van der Waals surface area contributed by atoms with Gasteiger partial charge in [-0.1, -0.05) is 42.5 Å². The van der Waals surface area contributed by atoms with E-state index in [1.165, 1.54) is 22.7 Å². The van der Waals surface area contributed by atoms with Crippen LogP contribution in [0.4, 0.5) is 5.95 Å². The quantitative estimate of drug-likeness (QED) is 0.522. The van der Waals surface area contributed by atoms with Crippen molar-refractivity contribution in [2.24, 2.45) is 0 Å². The minimum absolute atomic E-state index is 0.0490. The van der Waals surface area contributed by atoms with E-state index in [0.29, 0.717) is 30.4 Å². The van der Waals surface area contributed by atoms with Crippen LogP contribution in [0.15, 0.2) is 71.9 Å². The first-order chi connectivity index (χ1) is 14.5. The van der Waals surface area contributed by atoms with Crippen LogP contribution in [-0.4, -0.2) is 25.1 Å². The first-order valence-electron chi connectivity index (χ1n) is 10.2. The molecule has 6 heteroatoms. The molecule has 0 atom stereocenters. The second kappa shape index (κ2) is 7.06. The SMILES string of the molecule is CC1(C)CCn2c(nc(-c3ccncn3)cc2=O)N1Cc1cccc2ccccc12. The van der Waals surface area contributed by atoms with Crippen LogP contribution in [0.1, 0.15) is 25.8 Å². The highest BCUT2D eigenvalue weighted by molar-refractivity contribution is 5.85. The van der Waals surface area contributed by atoms with Gasteiger partial charge in [-0.15, -0.1) is 0 Å². The van der Waals surface area contributed by atoms with Gasteiger partial charge in [0.2, 0.25) is 5.95 Å². The fourth-order valence-corrected chi connectivity index (χ4v) is 4.16. The van der Waals surface area contributed by atoms with Gasteiger partial charge in [0.05, 0.1) is 11.4 Å². The van der Waals surface area contributed by atoms with Gasteiger partial charge in [0.15, 0.2) is 0 Å². The molecule has 4 aromatic rings. The zero-order chi connectivity index (χ0) is 20.7. The molecule has 0 unspecified atom stereocenters. The van der Waals surface area contributed by atoms with Crippen LogP contribution in [0.2, 0.25) is 0 Å². The maximum absolute atomic E-state index is 12.9. The summed E-state index contributed by atoms with van der Waals surface area (Å²) in [6.07, 6.45) is 4.02. The van der Waals surface area contributed by atoms with Gasteiger partial charge in [0.25, 0.3) is 5.56 Å². The van der Waals surface area contributed by atoms with Crippen molar-refractivity contribution in [2.45, 2.75) is 38.9 Å². The maximum atomic E-state index is 12.9. The van der Waals surface area contributed by atoms with Gasteiger partial charge in [-0.25, -0.2) is 15.0 Å². The Labute approximate surface area is 174 Å². The first-order valence-corrected chi connectivity index (χ1v) is 10.2. The maximum Gasteiger partial charge on any atom is 0.255 e. The molecular weight excluding hydrogens is 374 g/mol. The van der Waals surface area contributed by atoms with Crippen LogP contribution in [0.5, 0.6) is 0 Å². The Balaban J connectivity index is 1.65. The molecule has 2 aromatic carbocycles. The lowest BCUT2D eigenvalue weighted by Crippen LogP contribution is -2.51. The van der Waals surface area contributed by atoms with E-state index < -0.39 is 0 Å². The van der Waals surface area contributed by atoms with Crippen LogP contribution in [0, 0.1) is 0 Å². The molecule has 150 valence electrons. The van der Waals surface area contributed by atoms with Crippen LogP contribution >= 0.6 is 0 Å². The van der Waals surface area contributed by atoms with E-state index in [0.717, 1.165) is 6.42 Å². The molecule has 0 saturated carbocycles. The van der Waals surface area contributed by atoms with Gasteiger partial charge in [-0.3, -0.25) is 9.36 Å². The summed E-state index contributed by atoms with van der Waals surface area (Å²) in [4.78, 5) is 28.3. The number of benzene rings is 2. The highest BCUT2D eigenvalue weighted by Crippen LogP contribution is 2.34. The van der Waals surface area contributed by atoms with Crippen molar-refractivity contribution in [1.82, 2.24) is 19.5 Å². The van der Waals surface area contributed by atoms with Crippen molar-refractivity contribution in [3.63, 3.8) is 0 Å². The predicted octanol–water partition coefficient (Wildman–Crippen LogP) is 4.04. The van der Waals surface area contributed by atoms with Crippen LogP contribution in [-0.2, 0) is 13.1 Å². The van der Waals surface area contributed by atoms with E-state index in [-0.39, 0.29) is 11.1 Å². The van der Waals surface area contributed by atoms with Crippen LogP contribution in [0.3, 0.4) is 0 Å². The van der Waals surface area contributed by atoms with Crippen molar-refractivity contribution >= 4 is 16.7 Å². The Morgan fingerprint density at radius 3 is 2.70 bits per heavy atom. The molecule has 30 heavy (non-hydrogen) atoms. The van der Waals surface area contributed by atoms with Crippen molar-refractivity contribution in [3.05, 3.63) is 83.0 Å². The van der Waals surface area contributed by atoms with E-state index in [1.807, 2.05) is 0 Å². The van der Waals surface area contributed by atoms with Gasteiger partial charge < -0.3 is 4.90 Å². The van der Waals surface area contributed by atoms with E-state index in [2.05, 4.69) is 71.2 Å². The largest absolute Gasteiger partial charge is 0.333 e. The molecule has 1 aliphatic rings. The zero-order valence-electron chi connectivity index (χ0n) is 17.1. The fraction of sp³-hybridized carbons (Fsp3) is 0.250. The van der Waals surface area contributed by atoms with Gasteiger partial charge in [0, 0.05) is 30.9 Å². The number of hydrogen-bond acceptors (Lipinski definition) is 5. The summed E-state index contributed by atoms with van der Waals surface area (Å²) in [7, 11) is 0. The minimum atomic E-state index is -0.138. The highest BCUT2D eigenvalue weighted by Gasteiger charge is 2.35. The Morgan fingerprint density at radius 1 is 1.03 bits per heavy atom. The molecule has 0 fully saturated rings. The predicted molar refractivity (Wildman–Crippen MR) is 118 cm³/mol. The molecule has 5 rings (SSSR count). The van der Waals surface area contributed by atoms with Gasteiger partial charge in [-0.2, -0.15) is 0 Å². The van der Waals surface area contributed by atoms with Gasteiger partial charge in [-0.05, 0) is 42.7 Å².